The van der Waals surface area contributed by atoms with Crippen molar-refractivity contribution in [1.82, 2.24) is 30.4 Å². The number of alkyl halides is 3. The molecule has 0 unspecified atom stereocenters. The van der Waals surface area contributed by atoms with Crippen molar-refractivity contribution in [2.45, 2.75) is 24.4 Å². The summed E-state index contributed by atoms with van der Waals surface area (Å²) in [7, 11) is 0. The maximum atomic E-state index is 14.6. The van der Waals surface area contributed by atoms with Crippen LogP contribution in [0.1, 0.15) is 24.0 Å². The van der Waals surface area contributed by atoms with Gasteiger partial charge in [0.1, 0.15) is 5.82 Å². The van der Waals surface area contributed by atoms with E-state index in [0.29, 0.717) is 46.7 Å². The van der Waals surface area contributed by atoms with Crippen LogP contribution in [0.4, 0.5) is 23.2 Å². The predicted octanol–water partition coefficient (Wildman–Crippen LogP) is 4.53. The summed E-state index contributed by atoms with van der Waals surface area (Å²) in [6.07, 6.45) is -1.03. The molecule has 1 fully saturated rings. The molecule has 8 nitrogen and oxygen atoms in total. The molecule has 5 rings (SSSR count). The summed E-state index contributed by atoms with van der Waals surface area (Å²) in [5.41, 5.74) is -0.996. The minimum atomic E-state index is -4.68. The standard InChI is InChI=1S/C21H14ClF4N7O/c22-12-9-27-33(10-12)17-4-2-13(8-14(17)18-29-31-32-30-18)28-19(34)20(5-6-20)15-3-1-11(7-16(15)23)21(24,25)26/h1-4,7-10H,5-6H2,(H,28,34)(H,29,30,31,32). The minimum Gasteiger partial charge on any atom is -0.325 e. The van der Waals surface area contributed by atoms with Crippen LogP contribution in [0.25, 0.3) is 17.1 Å². The number of aromatic nitrogens is 6. The zero-order chi connectivity index (χ0) is 24.1. The van der Waals surface area contributed by atoms with E-state index in [4.69, 9.17) is 11.6 Å². The fraction of sp³-hybridized carbons (Fsp3) is 0.190. The van der Waals surface area contributed by atoms with Crippen LogP contribution in [0, 0.1) is 5.82 Å². The first-order valence-corrected chi connectivity index (χ1v) is 10.3. The first-order chi connectivity index (χ1) is 16.2. The summed E-state index contributed by atoms with van der Waals surface area (Å²) in [6.45, 7) is 0. The third-order valence-electron chi connectivity index (χ3n) is 5.65. The van der Waals surface area contributed by atoms with Crippen molar-refractivity contribution >= 4 is 23.2 Å². The molecule has 13 heteroatoms. The summed E-state index contributed by atoms with van der Waals surface area (Å²) in [5.74, 6) is -1.29. The van der Waals surface area contributed by atoms with E-state index in [1.807, 2.05) is 0 Å². The highest BCUT2D eigenvalue weighted by molar-refractivity contribution is 6.30. The molecule has 1 aliphatic carbocycles. The first kappa shape index (κ1) is 22.0. The lowest BCUT2D eigenvalue weighted by Crippen LogP contribution is -2.29. The third-order valence-corrected chi connectivity index (χ3v) is 5.84. The molecule has 174 valence electrons. The normalized spacial score (nSPS) is 14.7. The number of carbonyl (C=O) groups excluding carboxylic acids is 1. The molecule has 1 aliphatic rings. The van der Waals surface area contributed by atoms with Gasteiger partial charge in [-0.15, -0.1) is 5.10 Å². The second-order valence-electron chi connectivity index (χ2n) is 7.81. The lowest BCUT2D eigenvalue weighted by Gasteiger charge is -2.18. The highest BCUT2D eigenvalue weighted by Gasteiger charge is 2.53. The maximum Gasteiger partial charge on any atom is 0.416 e. The average molecular weight is 492 g/mol. The van der Waals surface area contributed by atoms with Gasteiger partial charge in [0, 0.05) is 23.0 Å². The highest BCUT2D eigenvalue weighted by atomic mass is 35.5. The van der Waals surface area contributed by atoms with E-state index in [1.54, 1.807) is 24.4 Å². The van der Waals surface area contributed by atoms with Gasteiger partial charge < -0.3 is 5.32 Å². The van der Waals surface area contributed by atoms with E-state index in [2.05, 4.69) is 31.0 Å². The van der Waals surface area contributed by atoms with Crippen molar-refractivity contribution in [1.29, 1.82) is 0 Å². The molecule has 0 spiro atoms. The molecule has 2 aromatic carbocycles. The van der Waals surface area contributed by atoms with Crippen molar-refractivity contribution in [3.63, 3.8) is 0 Å². The first-order valence-electron chi connectivity index (χ1n) is 9.95. The number of H-pyrrole nitrogens is 1. The summed E-state index contributed by atoms with van der Waals surface area (Å²) in [5, 5.41) is 21.0. The topological polar surface area (TPSA) is 101 Å². The number of aromatic amines is 1. The molecule has 2 N–H and O–H groups in total. The molecule has 2 aromatic heterocycles. The van der Waals surface area contributed by atoms with Crippen molar-refractivity contribution in [2.24, 2.45) is 0 Å². The van der Waals surface area contributed by atoms with E-state index < -0.39 is 28.9 Å². The van der Waals surface area contributed by atoms with E-state index in [-0.39, 0.29) is 5.56 Å². The largest absolute Gasteiger partial charge is 0.416 e. The Balaban J connectivity index is 1.46. The number of rotatable bonds is 5. The van der Waals surface area contributed by atoms with Crippen molar-refractivity contribution < 1.29 is 22.4 Å². The summed E-state index contributed by atoms with van der Waals surface area (Å²) in [4.78, 5) is 13.1. The van der Waals surface area contributed by atoms with Gasteiger partial charge in [-0.2, -0.15) is 18.3 Å². The van der Waals surface area contributed by atoms with Gasteiger partial charge in [-0.25, -0.2) is 14.2 Å². The molecule has 0 atom stereocenters. The monoisotopic (exact) mass is 491 g/mol. The Kier molecular flexibility index (Phi) is 5.12. The zero-order valence-corrected chi connectivity index (χ0v) is 17.8. The molecular formula is C21H14ClF4N7O. The molecule has 0 aliphatic heterocycles. The quantitative estimate of drug-likeness (QED) is 0.399. The number of nitrogens with one attached hydrogen (secondary N) is 2. The predicted molar refractivity (Wildman–Crippen MR) is 113 cm³/mol. The van der Waals surface area contributed by atoms with Gasteiger partial charge in [0.25, 0.3) is 0 Å². The lowest BCUT2D eigenvalue weighted by atomic mass is 9.93. The second-order valence-corrected chi connectivity index (χ2v) is 8.25. The number of tetrazole rings is 1. The Hall–Kier alpha value is -3.80. The number of benzene rings is 2. The van der Waals surface area contributed by atoms with Gasteiger partial charge in [-0.1, -0.05) is 17.7 Å². The number of carbonyl (C=O) groups is 1. The zero-order valence-electron chi connectivity index (χ0n) is 17.1. The maximum absolute atomic E-state index is 14.6. The fourth-order valence-corrected chi connectivity index (χ4v) is 3.92. The molecule has 1 amide bonds. The van der Waals surface area contributed by atoms with Gasteiger partial charge in [0.05, 0.1) is 27.9 Å². The van der Waals surface area contributed by atoms with Crippen LogP contribution in [0.5, 0.6) is 0 Å². The summed E-state index contributed by atoms with van der Waals surface area (Å²) >= 11 is 5.97. The Morgan fingerprint density at radius 2 is 1.97 bits per heavy atom. The fourth-order valence-electron chi connectivity index (χ4n) is 3.78. The average Bonchev–Trinajstić information content (AvgIpc) is 3.19. The van der Waals surface area contributed by atoms with Crippen LogP contribution in [-0.4, -0.2) is 36.3 Å². The van der Waals surface area contributed by atoms with Crippen LogP contribution in [0.3, 0.4) is 0 Å². The number of amides is 1. The van der Waals surface area contributed by atoms with Gasteiger partial charge in [-0.3, -0.25) is 4.79 Å². The number of hydrogen-bond acceptors (Lipinski definition) is 5. The molecular weight excluding hydrogens is 478 g/mol. The summed E-state index contributed by atoms with van der Waals surface area (Å²) in [6, 6.07) is 7.10. The lowest BCUT2D eigenvalue weighted by molar-refractivity contribution is -0.137. The second kappa shape index (κ2) is 7.90. The minimum absolute atomic E-state index is 0.0690. The van der Waals surface area contributed by atoms with E-state index in [0.717, 1.165) is 12.1 Å². The number of hydrogen-bond donors (Lipinski definition) is 2. The van der Waals surface area contributed by atoms with Crippen molar-refractivity contribution in [3.05, 3.63) is 70.8 Å². The molecule has 2 heterocycles. The number of nitrogens with zero attached hydrogens (tertiary/aromatic N) is 5. The molecule has 0 radical (unpaired) electrons. The van der Waals surface area contributed by atoms with E-state index in [1.165, 1.54) is 10.9 Å². The van der Waals surface area contributed by atoms with Gasteiger partial charge >= 0.3 is 6.18 Å². The highest BCUT2D eigenvalue weighted by Crippen LogP contribution is 2.50. The van der Waals surface area contributed by atoms with Crippen molar-refractivity contribution in [2.75, 3.05) is 5.32 Å². The van der Waals surface area contributed by atoms with E-state index >= 15 is 0 Å². The molecule has 34 heavy (non-hydrogen) atoms. The third kappa shape index (κ3) is 3.89. The van der Waals surface area contributed by atoms with Crippen molar-refractivity contribution in [3.8, 4) is 17.1 Å². The van der Waals surface area contributed by atoms with Crippen LogP contribution < -0.4 is 5.32 Å². The molecule has 0 saturated heterocycles. The number of halogens is 5. The van der Waals surface area contributed by atoms with Crippen LogP contribution in [-0.2, 0) is 16.4 Å². The Morgan fingerprint density at radius 3 is 2.56 bits per heavy atom. The van der Waals surface area contributed by atoms with Gasteiger partial charge in [-0.05, 0) is 53.6 Å². The van der Waals surface area contributed by atoms with Gasteiger partial charge in [0.15, 0.2) is 5.82 Å². The van der Waals surface area contributed by atoms with Gasteiger partial charge in [0.2, 0.25) is 5.91 Å². The Labute approximate surface area is 193 Å². The van der Waals surface area contributed by atoms with Crippen LogP contribution in [0.2, 0.25) is 5.02 Å². The van der Waals surface area contributed by atoms with E-state index in [9.17, 15) is 22.4 Å². The number of anilines is 1. The summed E-state index contributed by atoms with van der Waals surface area (Å²) < 4.78 is 54.8. The van der Waals surface area contributed by atoms with Crippen LogP contribution >= 0.6 is 11.6 Å². The SMILES string of the molecule is O=C(Nc1ccc(-n2cc(Cl)cn2)c(-c2nnn[nH]2)c1)C1(c2ccc(C(F)(F)F)cc2F)CC1. The smallest absolute Gasteiger partial charge is 0.325 e. The van der Waals surface area contributed by atoms with Crippen LogP contribution in [0.15, 0.2) is 48.8 Å². The molecule has 1 saturated carbocycles. The Morgan fingerprint density at radius 1 is 1.18 bits per heavy atom. The Bertz CT molecular complexity index is 1380. The molecule has 0 bridgehead atoms. The molecule has 4 aromatic rings.